The number of nitrogens with one attached hydrogen (secondary N) is 2. The van der Waals surface area contributed by atoms with Crippen LogP contribution < -0.4 is 10.1 Å². The van der Waals surface area contributed by atoms with E-state index in [0.717, 1.165) is 18.8 Å². The molecular weight excluding hydrogens is 218 g/mol. The Labute approximate surface area is 103 Å². The van der Waals surface area contributed by atoms with E-state index in [1.165, 1.54) is 0 Å². The van der Waals surface area contributed by atoms with Crippen LogP contribution in [0.3, 0.4) is 0 Å². The van der Waals surface area contributed by atoms with Gasteiger partial charge >= 0.3 is 0 Å². The van der Waals surface area contributed by atoms with Gasteiger partial charge in [-0.15, -0.1) is 5.10 Å². The molecule has 0 radical (unpaired) electrons. The Morgan fingerprint density at radius 2 is 2.18 bits per heavy atom. The van der Waals surface area contributed by atoms with Crippen LogP contribution in [0.5, 0.6) is 5.88 Å². The molecule has 0 aliphatic heterocycles. The molecule has 0 amide bonds. The summed E-state index contributed by atoms with van der Waals surface area (Å²) in [4.78, 5) is 0. The summed E-state index contributed by atoms with van der Waals surface area (Å²) in [5.41, 5.74) is 0.992. The van der Waals surface area contributed by atoms with Crippen molar-refractivity contribution in [2.24, 2.45) is 5.92 Å². The van der Waals surface area contributed by atoms with Gasteiger partial charge in [-0.1, -0.05) is 13.8 Å². The van der Waals surface area contributed by atoms with Crippen molar-refractivity contribution < 1.29 is 9.47 Å². The Bertz CT molecular complexity index is 312. The quantitative estimate of drug-likeness (QED) is 0.721. The fourth-order valence-corrected chi connectivity index (χ4v) is 1.48. The Morgan fingerprint density at radius 1 is 1.41 bits per heavy atom. The van der Waals surface area contributed by atoms with Crippen molar-refractivity contribution >= 4 is 0 Å². The predicted molar refractivity (Wildman–Crippen MR) is 67.3 cm³/mol. The third kappa shape index (κ3) is 5.70. The van der Waals surface area contributed by atoms with Gasteiger partial charge in [0.15, 0.2) is 0 Å². The summed E-state index contributed by atoms with van der Waals surface area (Å²) in [5.74, 6) is 1.25. The molecule has 0 aromatic carbocycles. The molecule has 0 fully saturated rings. The third-order valence-corrected chi connectivity index (χ3v) is 2.25. The molecule has 5 nitrogen and oxygen atoms in total. The summed E-state index contributed by atoms with van der Waals surface area (Å²) >= 11 is 0. The predicted octanol–water partition coefficient (Wildman–Crippen LogP) is 1.36. The van der Waals surface area contributed by atoms with E-state index in [1.54, 1.807) is 7.11 Å². The number of hydrogen-bond donors (Lipinski definition) is 2. The van der Waals surface area contributed by atoms with Crippen LogP contribution >= 0.6 is 0 Å². The fraction of sp³-hybridized carbons (Fsp3) is 0.750. The second kappa shape index (κ2) is 7.29. The second-order valence-corrected chi connectivity index (χ2v) is 4.64. The average Bonchev–Trinajstić information content (AvgIpc) is 2.63. The molecule has 1 aromatic rings. The number of H-pyrrole nitrogens is 1. The van der Waals surface area contributed by atoms with E-state index in [2.05, 4.69) is 29.4 Å². The maximum atomic E-state index is 5.73. The maximum absolute atomic E-state index is 5.73. The van der Waals surface area contributed by atoms with E-state index in [1.807, 2.05) is 13.0 Å². The smallest absolute Gasteiger partial charge is 0.233 e. The van der Waals surface area contributed by atoms with Crippen molar-refractivity contribution in [3.05, 3.63) is 11.8 Å². The topological polar surface area (TPSA) is 59.2 Å². The van der Waals surface area contributed by atoms with Gasteiger partial charge in [-0.3, -0.25) is 5.10 Å². The molecule has 1 aromatic heterocycles. The zero-order valence-electron chi connectivity index (χ0n) is 11.1. The Kier molecular flexibility index (Phi) is 6.00. The van der Waals surface area contributed by atoms with E-state index < -0.39 is 0 Å². The number of ether oxygens (including phenoxy) is 2. The van der Waals surface area contributed by atoms with Gasteiger partial charge in [-0.05, 0) is 19.4 Å². The van der Waals surface area contributed by atoms with Crippen molar-refractivity contribution in [2.75, 3.05) is 26.8 Å². The standard InChI is InChI=1S/C12H23N3O2/c1-9(2)6-13-7-11(8-16-4)17-12-5-10(3)14-15-12/h5,9,11,13H,6-8H2,1-4H3,(H,14,15). The number of nitrogens with zero attached hydrogens (tertiary/aromatic N) is 1. The molecule has 17 heavy (non-hydrogen) atoms. The summed E-state index contributed by atoms with van der Waals surface area (Å²) in [6.07, 6.45) is -0.0125. The normalized spacial score (nSPS) is 13.0. The van der Waals surface area contributed by atoms with Crippen molar-refractivity contribution in [2.45, 2.75) is 26.9 Å². The molecule has 1 rings (SSSR count). The number of rotatable bonds is 8. The van der Waals surface area contributed by atoms with Crippen LogP contribution in [0.15, 0.2) is 6.07 Å². The molecule has 1 heterocycles. The highest BCUT2D eigenvalue weighted by Gasteiger charge is 2.11. The lowest BCUT2D eigenvalue weighted by Gasteiger charge is -2.18. The fourth-order valence-electron chi connectivity index (χ4n) is 1.48. The lowest BCUT2D eigenvalue weighted by molar-refractivity contribution is 0.0771. The average molecular weight is 241 g/mol. The van der Waals surface area contributed by atoms with Crippen LogP contribution in [0.25, 0.3) is 0 Å². The molecule has 2 N–H and O–H groups in total. The monoisotopic (exact) mass is 241 g/mol. The summed E-state index contributed by atoms with van der Waals surface area (Å²) in [7, 11) is 1.68. The molecule has 0 spiro atoms. The zero-order valence-corrected chi connectivity index (χ0v) is 11.1. The number of aromatic amines is 1. The largest absolute Gasteiger partial charge is 0.469 e. The molecule has 0 saturated heterocycles. The molecule has 0 saturated carbocycles. The molecule has 5 heteroatoms. The Balaban J connectivity index is 2.37. The first-order chi connectivity index (χ1) is 8.11. The van der Waals surface area contributed by atoms with Crippen molar-refractivity contribution in [1.29, 1.82) is 0 Å². The van der Waals surface area contributed by atoms with Crippen molar-refractivity contribution in [1.82, 2.24) is 15.5 Å². The molecule has 0 aliphatic rings. The molecule has 1 atom stereocenters. The van der Waals surface area contributed by atoms with Crippen LogP contribution in [0.4, 0.5) is 0 Å². The highest BCUT2D eigenvalue weighted by Crippen LogP contribution is 2.09. The molecule has 98 valence electrons. The maximum Gasteiger partial charge on any atom is 0.233 e. The van der Waals surface area contributed by atoms with Gasteiger partial charge in [0, 0.05) is 25.4 Å². The highest BCUT2D eigenvalue weighted by atomic mass is 16.5. The van der Waals surface area contributed by atoms with Crippen LogP contribution in [-0.4, -0.2) is 43.1 Å². The summed E-state index contributed by atoms with van der Waals surface area (Å²) in [6.45, 7) is 8.59. The van der Waals surface area contributed by atoms with Gasteiger partial charge in [0.1, 0.15) is 6.10 Å². The number of aryl methyl sites for hydroxylation is 1. The molecule has 0 aliphatic carbocycles. The first kappa shape index (κ1) is 14.0. The van der Waals surface area contributed by atoms with Crippen molar-refractivity contribution in [3.8, 4) is 5.88 Å². The highest BCUT2D eigenvalue weighted by molar-refractivity contribution is 5.12. The lowest BCUT2D eigenvalue weighted by Crippen LogP contribution is -2.36. The van der Waals surface area contributed by atoms with E-state index in [4.69, 9.17) is 9.47 Å². The van der Waals surface area contributed by atoms with E-state index >= 15 is 0 Å². The molecule has 1 unspecified atom stereocenters. The van der Waals surface area contributed by atoms with E-state index in [9.17, 15) is 0 Å². The summed E-state index contributed by atoms with van der Waals surface area (Å²) in [6, 6.07) is 1.88. The first-order valence-electron chi connectivity index (χ1n) is 6.00. The summed E-state index contributed by atoms with van der Waals surface area (Å²) < 4.78 is 10.9. The lowest BCUT2D eigenvalue weighted by atomic mass is 10.2. The number of methoxy groups -OCH3 is 1. The minimum atomic E-state index is -0.0125. The molecule has 0 bridgehead atoms. The Hall–Kier alpha value is -1.07. The van der Waals surface area contributed by atoms with Gasteiger partial charge in [0.2, 0.25) is 5.88 Å². The van der Waals surface area contributed by atoms with Gasteiger partial charge in [-0.25, -0.2) is 0 Å². The molecular formula is C12H23N3O2. The van der Waals surface area contributed by atoms with Crippen LogP contribution in [-0.2, 0) is 4.74 Å². The van der Waals surface area contributed by atoms with Crippen LogP contribution in [0, 0.1) is 12.8 Å². The van der Waals surface area contributed by atoms with E-state index in [-0.39, 0.29) is 6.10 Å². The van der Waals surface area contributed by atoms with E-state index in [0.29, 0.717) is 18.4 Å². The van der Waals surface area contributed by atoms with Gasteiger partial charge in [0.25, 0.3) is 0 Å². The number of hydrogen-bond acceptors (Lipinski definition) is 4. The zero-order chi connectivity index (χ0) is 12.7. The number of aromatic nitrogens is 2. The van der Waals surface area contributed by atoms with Gasteiger partial charge in [0.05, 0.1) is 6.61 Å². The minimum absolute atomic E-state index is 0.0125. The minimum Gasteiger partial charge on any atom is -0.469 e. The second-order valence-electron chi connectivity index (χ2n) is 4.64. The SMILES string of the molecule is COCC(CNCC(C)C)Oc1cc(C)[nH]n1. The Morgan fingerprint density at radius 3 is 2.71 bits per heavy atom. The third-order valence-electron chi connectivity index (χ3n) is 2.25. The first-order valence-corrected chi connectivity index (χ1v) is 6.00. The summed E-state index contributed by atoms with van der Waals surface area (Å²) in [5, 5.41) is 10.3. The van der Waals surface area contributed by atoms with Crippen LogP contribution in [0.1, 0.15) is 19.5 Å². The van der Waals surface area contributed by atoms with Crippen molar-refractivity contribution in [3.63, 3.8) is 0 Å². The van der Waals surface area contributed by atoms with Gasteiger partial charge in [-0.2, -0.15) is 0 Å². The van der Waals surface area contributed by atoms with Crippen LogP contribution in [0.2, 0.25) is 0 Å². The van der Waals surface area contributed by atoms with Gasteiger partial charge < -0.3 is 14.8 Å².